The standard InChI is InChI=1S/C15H15ClN4O3/c1-22-14-18-12(19-15(20-14)23-2)9-17-13(21)8-7-10-5-3-4-6-11(10)16/h3-8H,9H2,1-2H3,(H,17,21). The number of halogens is 1. The summed E-state index contributed by atoms with van der Waals surface area (Å²) in [6.45, 7) is 0.112. The lowest BCUT2D eigenvalue weighted by atomic mass is 10.2. The number of ether oxygens (including phenoxy) is 2. The van der Waals surface area contributed by atoms with Gasteiger partial charge in [-0.1, -0.05) is 29.8 Å². The summed E-state index contributed by atoms with van der Waals surface area (Å²) in [6.07, 6.45) is 3.02. The molecule has 0 bridgehead atoms. The number of nitrogens with zero attached hydrogens (tertiary/aromatic N) is 3. The molecule has 8 heteroatoms. The fourth-order valence-corrected chi connectivity index (χ4v) is 1.84. The molecule has 0 saturated heterocycles. The lowest BCUT2D eigenvalue weighted by Gasteiger charge is -2.05. The average molecular weight is 335 g/mol. The molecule has 0 aliphatic heterocycles. The van der Waals surface area contributed by atoms with Gasteiger partial charge in [0.25, 0.3) is 0 Å². The highest BCUT2D eigenvalue weighted by Gasteiger charge is 2.07. The molecule has 120 valence electrons. The number of nitrogens with one attached hydrogen (secondary N) is 1. The van der Waals surface area contributed by atoms with E-state index in [1.807, 2.05) is 18.2 Å². The van der Waals surface area contributed by atoms with E-state index >= 15 is 0 Å². The molecule has 1 N–H and O–H groups in total. The first-order valence-electron chi connectivity index (χ1n) is 6.65. The van der Waals surface area contributed by atoms with Gasteiger partial charge in [0.15, 0.2) is 5.82 Å². The first kappa shape index (κ1) is 16.7. The Morgan fingerprint density at radius 3 is 2.43 bits per heavy atom. The van der Waals surface area contributed by atoms with Crippen LogP contribution in [0.4, 0.5) is 0 Å². The maximum absolute atomic E-state index is 11.8. The Morgan fingerprint density at radius 1 is 1.17 bits per heavy atom. The zero-order chi connectivity index (χ0) is 16.7. The van der Waals surface area contributed by atoms with Crippen molar-refractivity contribution in [3.8, 4) is 12.0 Å². The van der Waals surface area contributed by atoms with Crippen LogP contribution >= 0.6 is 11.6 Å². The van der Waals surface area contributed by atoms with E-state index in [4.69, 9.17) is 21.1 Å². The summed E-state index contributed by atoms with van der Waals surface area (Å²) in [5.41, 5.74) is 0.757. The van der Waals surface area contributed by atoms with Gasteiger partial charge in [0.2, 0.25) is 5.91 Å². The van der Waals surface area contributed by atoms with Crippen molar-refractivity contribution < 1.29 is 14.3 Å². The number of benzene rings is 1. The Balaban J connectivity index is 1.98. The number of aromatic nitrogens is 3. The van der Waals surface area contributed by atoms with Gasteiger partial charge in [0, 0.05) is 11.1 Å². The molecule has 1 aromatic carbocycles. The van der Waals surface area contributed by atoms with Crippen molar-refractivity contribution in [1.29, 1.82) is 0 Å². The third-order valence-electron chi connectivity index (χ3n) is 2.75. The number of hydrogen-bond acceptors (Lipinski definition) is 6. The van der Waals surface area contributed by atoms with E-state index in [9.17, 15) is 4.79 Å². The number of rotatable bonds is 6. The number of carbonyl (C=O) groups excluding carboxylic acids is 1. The Kier molecular flexibility index (Phi) is 5.87. The number of hydrogen-bond donors (Lipinski definition) is 1. The first-order valence-corrected chi connectivity index (χ1v) is 7.03. The molecule has 1 heterocycles. The second-order valence-electron chi connectivity index (χ2n) is 4.30. The maximum atomic E-state index is 11.8. The monoisotopic (exact) mass is 334 g/mol. The van der Waals surface area contributed by atoms with Crippen molar-refractivity contribution in [3.05, 3.63) is 46.8 Å². The van der Waals surface area contributed by atoms with Crippen molar-refractivity contribution >= 4 is 23.6 Å². The summed E-state index contributed by atoms with van der Waals surface area (Å²) in [7, 11) is 2.87. The molecule has 0 aliphatic rings. The van der Waals surface area contributed by atoms with Crippen molar-refractivity contribution in [2.24, 2.45) is 0 Å². The molecule has 1 amide bonds. The second-order valence-corrected chi connectivity index (χ2v) is 4.70. The number of methoxy groups -OCH3 is 2. The summed E-state index contributed by atoms with van der Waals surface area (Å²) in [4.78, 5) is 23.8. The Morgan fingerprint density at radius 2 is 1.83 bits per heavy atom. The first-order chi connectivity index (χ1) is 11.1. The summed E-state index contributed by atoms with van der Waals surface area (Å²) in [6, 6.07) is 7.46. The van der Waals surface area contributed by atoms with Gasteiger partial charge in [-0.15, -0.1) is 4.98 Å². The fourth-order valence-electron chi connectivity index (χ4n) is 1.64. The van der Waals surface area contributed by atoms with Crippen LogP contribution in [-0.2, 0) is 11.3 Å². The van der Waals surface area contributed by atoms with Crippen LogP contribution in [0.2, 0.25) is 5.02 Å². The van der Waals surface area contributed by atoms with Gasteiger partial charge in [0.05, 0.1) is 20.8 Å². The highest BCUT2D eigenvalue weighted by Crippen LogP contribution is 2.16. The highest BCUT2D eigenvalue weighted by molar-refractivity contribution is 6.32. The van der Waals surface area contributed by atoms with Crippen LogP contribution in [0.5, 0.6) is 12.0 Å². The van der Waals surface area contributed by atoms with Crippen LogP contribution in [0.1, 0.15) is 11.4 Å². The molecule has 0 unspecified atom stereocenters. The highest BCUT2D eigenvalue weighted by atomic mass is 35.5. The minimum Gasteiger partial charge on any atom is -0.467 e. The van der Waals surface area contributed by atoms with Crippen LogP contribution in [0.15, 0.2) is 30.3 Å². The zero-order valence-electron chi connectivity index (χ0n) is 12.6. The van der Waals surface area contributed by atoms with E-state index < -0.39 is 0 Å². The third kappa shape index (κ3) is 4.93. The summed E-state index contributed by atoms with van der Waals surface area (Å²) < 4.78 is 9.88. The number of carbonyl (C=O) groups is 1. The van der Waals surface area contributed by atoms with Gasteiger partial charge in [-0.25, -0.2) is 0 Å². The van der Waals surface area contributed by atoms with Crippen molar-refractivity contribution in [2.45, 2.75) is 6.54 Å². The predicted octanol–water partition coefficient (Wildman–Crippen LogP) is 1.87. The minimum atomic E-state index is -0.303. The van der Waals surface area contributed by atoms with Gasteiger partial charge in [-0.05, 0) is 17.7 Å². The summed E-state index contributed by atoms with van der Waals surface area (Å²) in [5.74, 6) is 0.0245. The average Bonchev–Trinajstić information content (AvgIpc) is 2.58. The molecule has 0 radical (unpaired) electrons. The van der Waals surface area contributed by atoms with Crippen LogP contribution in [-0.4, -0.2) is 35.1 Å². The molecule has 2 rings (SSSR count). The summed E-state index contributed by atoms with van der Waals surface area (Å²) in [5, 5.41) is 3.23. The van der Waals surface area contributed by atoms with E-state index in [2.05, 4.69) is 20.3 Å². The van der Waals surface area contributed by atoms with Crippen LogP contribution in [0.25, 0.3) is 6.08 Å². The van der Waals surface area contributed by atoms with Gasteiger partial charge in [-0.3, -0.25) is 4.79 Å². The molecule has 0 fully saturated rings. The van der Waals surface area contributed by atoms with E-state index in [0.29, 0.717) is 10.8 Å². The molecule has 2 aromatic rings. The molecule has 1 aromatic heterocycles. The van der Waals surface area contributed by atoms with Gasteiger partial charge < -0.3 is 14.8 Å². The maximum Gasteiger partial charge on any atom is 0.322 e. The molecular weight excluding hydrogens is 320 g/mol. The summed E-state index contributed by atoms with van der Waals surface area (Å²) >= 11 is 6.01. The zero-order valence-corrected chi connectivity index (χ0v) is 13.4. The van der Waals surface area contributed by atoms with Gasteiger partial charge in [0.1, 0.15) is 0 Å². The number of amides is 1. The Bertz CT molecular complexity index is 699. The van der Waals surface area contributed by atoms with E-state index in [1.54, 1.807) is 12.1 Å². The van der Waals surface area contributed by atoms with Crippen molar-refractivity contribution in [3.63, 3.8) is 0 Å². The normalized spacial score (nSPS) is 10.6. The molecule has 0 atom stereocenters. The van der Waals surface area contributed by atoms with Crippen LogP contribution in [0, 0.1) is 0 Å². The molecular formula is C15H15ClN4O3. The lowest BCUT2D eigenvalue weighted by molar-refractivity contribution is -0.116. The Labute approximate surface area is 138 Å². The smallest absolute Gasteiger partial charge is 0.322 e. The lowest BCUT2D eigenvalue weighted by Crippen LogP contribution is -2.22. The van der Waals surface area contributed by atoms with Gasteiger partial charge in [-0.2, -0.15) is 9.97 Å². The van der Waals surface area contributed by atoms with Crippen LogP contribution < -0.4 is 14.8 Å². The topological polar surface area (TPSA) is 86.2 Å². The largest absolute Gasteiger partial charge is 0.467 e. The third-order valence-corrected chi connectivity index (χ3v) is 3.09. The van der Waals surface area contributed by atoms with Crippen molar-refractivity contribution in [1.82, 2.24) is 20.3 Å². The van der Waals surface area contributed by atoms with Gasteiger partial charge >= 0.3 is 12.0 Å². The van der Waals surface area contributed by atoms with E-state index in [1.165, 1.54) is 20.3 Å². The molecule has 7 nitrogen and oxygen atoms in total. The fraction of sp³-hybridized carbons (Fsp3) is 0.200. The molecule has 23 heavy (non-hydrogen) atoms. The predicted molar refractivity (Wildman–Crippen MR) is 85.3 cm³/mol. The molecule has 0 aliphatic carbocycles. The second kappa shape index (κ2) is 8.09. The van der Waals surface area contributed by atoms with E-state index in [-0.39, 0.29) is 24.5 Å². The quantitative estimate of drug-likeness (QED) is 0.812. The molecule has 0 spiro atoms. The molecule has 0 saturated carbocycles. The van der Waals surface area contributed by atoms with Crippen molar-refractivity contribution in [2.75, 3.05) is 14.2 Å². The SMILES string of the molecule is COc1nc(CNC(=O)C=Cc2ccccc2Cl)nc(OC)n1. The van der Waals surface area contributed by atoms with E-state index in [0.717, 1.165) is 5.56 Å². The van der Waals surface area contributed by atoms with Crippen LogP contribution in [0.3, 0.4) is 0 Å². The Hall–Kier alpha value is -2.67. The minimum absolute atomic E-state index is 0.112.